The summed E-state index contributed by atoms with van der Waals surface area (Å²) in [5.41, 5.74) is 8.58. The van der Waals surface area contributed by atoms with Gasteiger partial charge in [0.1, 0.15) is 5.54 Å². The highest BCUT2D eigenvalue weighted by Gasteiger charge is 2.42. The lowest BCUT2D eigenvalue weighted by molar-refractivity contribution is -0.142. The van der Waals surface area contributed by atoms with Gasteiger partial charge >= 0.3 is 5.97 Å². The Bertz CT molecular complexity index is 501. The maximum absolute atomic E-state index is 11.2. The molecule has 0 aliphatic carbocycles. The van der Waals surface area contributed by atoms with Gasteiger partial charge in [-0.2, -0.15) is 0 Å². The van der Waals surface area contributed by atoms with Crippen molar-refractivity contribution < 1.29 is 9.90 Å². The molecule has 1 saturated heterocycles. The van der Waals surface area contributed by atoms with Crippen molar-refractivity contribution in [1.82, 2.24) is 4.90 Å². The van der Waals surface area contributed by atoms with Crippen LogP contribution in [-0.2, 0) is 4.79 Å². The molecule has 1 heterocycles. The number of benzene rings is 1. The van der Waals surface area contributed by atoms with Crippen molar-refractivity contribution in [2.45, 2.75) is 38.8 Å². The second kappa shape index (κ2) is 4.94. The quantitative estimate of drug-likeness (QED) is 0.872. The first-order valence-electron chi connectivity index (χ1n) is 6.67. The summed E-state index contributed by atoms with van der Waals surface area (Å²) in [6, 6.07) is 6.59. The molecule has 3 N–H and O–H groups in total. The lowest BCUT2D eigenvalue weighted by Crippen LogP contribution is -2.50. The van der Waals surface area contributed by atoms with Gasteiger partial charge < -0.3 is 10.8 Å². The number of hydrogen-bond donors (Lipinski definition) is 2. The van der Waals surface area contributed by atoms with E-state index in [2.05, 4.69) is 43.9 Å². The highest BCUT2D eigenvalue weighted by molar-refractivity contribution is 5.79. The second-order valence-corrected chi connectivity index (χ2v) is 5.72. The number of aryl methyl sites for hydroxylation is 2. The van der Waals surface area contributed by atoms with Gasteiger partial charge in [-0.05, 0) is 38.3 Å². The van der Waals surface area contributed by atoms with Gasteiger partial charge in [0.2, 0.25) is 0 Å². The third-order valence-corrected chi connectivity index (χ3v) is 4.18. The van der Waals surface area contributed by atoms with Gasteiger partial charge in [-0.15, -0.1) is 0 Å². The average molecular weight is 262 g/mol. The Morgan fingerprint density at radius 2 is 2.16 bits per heavy atom. The fourth-order valence-corrected chi connectivity index (χ4v) is 2.86. The van der Waals surface area contributed by atoms with E-state index in [1.165, 1.54) is 16.7 Å². The molecule has 1 fully saturated rings. The molecular weight excluding hydrogens is 240 g/mol. The zero-order chi connectivity index (χ0) is 14.2. The molecule has 4 heteroatoms. The molecule has 0 spiro atoms. The number of aliphatic carboxylic acids is 1. The van der Waals surface area contributed by atoms with Crippen LogP contribution in [-0.4, -0.2) is 34.6 Å². The van der Waals surface area contributed by atoms with E-state index in [1.807, 2.05) is 0 Å². The predicted molar refractivity (Wildman–Crippen MR) is 75.1 cm³/mol. The first-order valence-corrected chi connectivity index (χ1v) is 6.67. The summed E-state index contributed by atoms with van der Waals surface area (Å²) in [5.74, 6) is -0.900. The maximum atomic E-state index is 11.2. The number of nitrogens with two attached hydrogens (primary N) is 1. The van der Waals surface area contributed by atoms with Crippen LogP contribution >= 0.6 is 0 Å². The van der Waals surface area contributed by atoms with Crippen molar-refractivity contribution in [2.24, 2.45) is 5.73 Å². The molecule has 1 aromatic carbocycles. The Labute approximate surface area is 114 Å². The van der Waals surface area contributed by atoms with Gasteiger partial charge in [0, 0.05) is 19.1 Å². The zero-order valence-corrected chi connectivity index (χ0v) is 11.8. The van der Waals surface area contributed by atoms with Crippen LogP contribution in [0.15, 0.2) is 18.2 Å². The Morgan fingerprint density at radius 1 is 1.47 bits per heavy atom. The van der Waals surface area contributed by atoms with Crippen LogP contribution in [0.4, 0.5) is 0 Å². The van der Waals surface area contributed by atoms with Crippen molar-refractivity contribution >= 4 is 5.97 Å². The topological polar surface area (TPSA) is 66.6 Å². The minimum Gasteiger partial charge on any atom is -0.480 e. The normalized spacial score (nSPS) is 25.5. The Balaban J connectivity index is 2.17. The molecule has 0 bridgehead atoms. The van der Waals surface area contributed by atoms with Crippen LogP contribution in [0.25, 0.3) is 0 Å². The van der Waals surface area contributed by atoms with Gasteiger partial charge in [-0.1, -0.05) is 23.8 Å². The van der Waals surface area contributed by atoms with E-state index in [1.54, 1.807) is 0 Å². The van der Waals surface area contributed by atoms with Crippen molar-refractivity contribution in [3.8, 4) is 0 Å². The zero-order valence-electron chi connectivity index (χ0n) is 11.8. The fraction of sp³-hybridized carbons (Fsp3) is 0.533. The largest absolute Gasteiger partial charge is 0.480 e. The summed E-state index contributed by atoms with van der Waals surface area (Å²) in [5, 5.41) is 9.18. The molecular formula is C15H22N2O2. The first-order chi connectivity index (χ1) is 8.83. The maximum Gasteiger partial charge on any atom is 0.325 e. The second-order valence-electron chi connectivity index (χ2n) is 5.72. The number of carboxylic acid groups (broad SMARTS) is 1. The van der Waals surface area contributed by atoms with E-state index in [0.29, 0.717) is 13.0 Å². The van der Waals surface area contributed by atoms with E-state index >= 15 is 0 Å². The average Bonchev–Trinajstić information content (AvgIpc) is 2.73. The van der Waals surface area contributed by atoms with E-state index in [-0.39, 0.29) is 6.04 Å². The van der Waals surface area contributed by atoms with Crippen LogP contribution in [0, 0.1) is 13.8 Å². The summed E-state index contributed by atoms with van der Waals surface area (Å²) in [4.78, 5) is 13.3. The molecule has 0 amide bonds. The lowest BCUT2D eigenvalue weighted by Gasteiger charge is -2.27. The van der Waals surface area contributed by atoms with E-state index < -0.39 is 11.5 Å². The number of nitrogens with zero attached hydrogens (tertiary/aromatic N) is 1. The number of carboxylic acids is 1. The molecule has 2 rings (SSSR count). The first kappa shape index (κ1) is 14.0. The summed E-state index contributed by atoms with van der Waals surface area (Å²) < 4.78 is 0. The Morgan fingerprint density at radius 3 is 2.68 bits per heavy atom. The minimum absolute atomic E-state index is 0.199. The number of carbonyl (C=O) groups is 1. The van der Waals surface area contributed by atoms with Gasteiger partial charge in [0.05, 0.1) is 0 Å². The smallest absolute Gasteiger partial charge is 0.325 e. The van der Waals surface area contributed by atoms with Crippen molar-refractivity contribution in [3.63, 3.8) is 0 Å². The van der Waals surface area contributed by atoms with Crippen molar-refractivity contribution in [2.75, 3.05) is 13.1 Å². The Hall–Kier alpha value is -1.39. The highest BCUT2D eigenvalue weighted by Crippen LogP contribution is 2.30. The standard InChI is InChI=1S/C15H22N2O2/c1-10-4-5-13(11(2)8-10)12(3)17-7-6-15(16,9-17)14(18)19/h4-5,8,12H,6-7,9,16H2,1-3H3,(H,18,19). The highest BCUT2D eigenvalue weighted by atomic mass is 16.4. The van der Waals surface area contributed by atoms with Gasteiger partial charge in [0.15, 0.2) is 0 Å². The van der Waals surface area contributed by atoms with Gasteiger partial charge in [-0.3, -0.25) is 9.69 Å². The molecule has 104 valence electrons. The molecule has 0 aromatic heterocycles. The fourth-order valence-electron chi connectivity index (χ4n) is 2.86. The summed E-state index contributed by atoms with van der Waals surface area (Å²) in [6.45, 7) is 7.44. The number of hydrogen-bond acceptors (Lipinski definition) is 3. The molecule has 2 unspecified atom stereocenters. The van der Waals surface area contributed by atoms with Crippen LogP contribution < -0.4 is 5.73 Å². The van der Waals surface area contributed by atoms with Gasteiger partial charge in [-0.25, -0.2) is 0 Å². The van der Waals surface area contributed by atoms with Crippen molar-refractivity contribution in [1.29, 1.82) is 0 Å². The summed E-state index contributed by atoms with van der Waals surface area (Å²) >= 11 is 0. The third kappa shape index (κ3) is 2.65. The summed E-state index contributed by atoms with van der Waals surface area (Å²) in [7, 11) is 0. The molecule has 1 aliphatic rings. The SMILES string of the molecule is Cc1ccc(C(C)N2CCC(N)(C(=O)O)C2)c(C)c1. The molecule has 2 atom stereocenters. The summed E-state index contributed by atoms with van der Waals surface area (Å²) in [6.07, 6.45) is 0.511. The third-order valence-electron chi connectivity index (χ3n) is 4.18. The molecule has 4 nitrogen and oxygen atoms in total. The van der Waals surface area contributed by atoms with Crippen molar-refractivity contribution in [3.05, 3.63) is 34.9 Å². The molecule has 0 saturated carbocycles. The van der Waals surface area contributed by atoms with E-state index in [0.717, 1.165) is 6.54 Å². The minimum atomic E-state index is -1.09. The molecule has 19 heavy (non-hydrogen) atoms. The number of likely N-dealkylation sites (tertiary alicyclic amines) is 1. The monoisotopic (exact) mass is 262 g/mol. The van der Waals surface area contributed by atoms with Crippen LogP contribution in [0.1, 0.15) is 36.1 Å². The predicted octanol–water partition coefficient (Wildman–Crippen LogP) is 1.85. The van der Waals surface area contributed by atoms with Crippen LogP contribution in [0.2, 0.25) is 0 Å². The van der Waals surface area contributed by atoms with Crippen LogP contribution in [0.3, 0.4) is 0 Å². The molecule has 1 aliphatic heterocycles. The van der Waals surface area contributed by atoms with E-state index in [9.17, 15) is 9.90 Å². The molecule has 0 radical (unpaired) electrons. The van der Waals surface area contributed by atoms with Gasteiger partial charge in [0.25, 0.3) is 0 Å². The number of rotatable bonds is 3. The Kier molecular flexibility index (Phi) is 3.65. The van der Waals surface area contributed by atoms with Crippen LogP contribution in [0.5, 0.6) is 0 Å². The van der Waals surface area contributed by atoms with E-state index in [4.69, 9.17) is 5.73 Å². The molecule has 1 aromatic rings. The lowest BCUT2D eigenvalue weighted by atomic mass is 9.98.